The molecule has 0 amide bonds. The van der Waals surface area contributed by atoms with Crippen molar-refractivity contribution in [1.29, 1.82) is 0 Å². The van der Waals surface area contributed by atoms with Gasteiger partial charge >= 0.3 is 0 Å². The van der Waals surface area contributed by atoms with Gasteiger partial charge in [0.15, 0.2) is 0 Å². The Balaban J connectivity index is 2.19. The van der Waals surface area contributed by atoms with E-state index in [2.05, 4.69) is 36.1 Å². The summed E-state index contributed by atoms with van der Waals surface area (Å²) in [6, 6.07) is 0.397. The van der Waals surface area contributed by atoms with Crippen LogP contribution < -0.4 is 5.32 Å². The van der Waals surface area contributed by atoms with Crippen molar-refractivity contribution < 1.29 is 4.74 Å². The highest BCUT2D eigenvalue weighted by atomic mass is 35.5. The van der Waals surface area contributed by atoms with E-state index in [1.807, 2.05) is 6.92 Å². The third kappa shape index (κ3) is 3.57. The van der Waals surface area contributed by atoms with Gasteiger partial charge in [0, 0.05) is 24.1 Å². The van der Waals surface area contributed by atoms with Crippen molar-refractivity contribution in [3.63, 3.8) is 0 Å². The van der Waals surface area contributed by atoms with Gasteiger partial charge in [-0.1, -0.05) is 25.4 Å². The SMILES string of the molecule is Cc1c(Cl)nc(C(C)C)nc1NC1CCOC(C)C1. The molecule has 2 atom stereocenters. The van der Waals surface area contributed by atoms with E-state index in [0.29, 0.717) is 17.3 Å². The molecule has 2 unspecified atom stereocenters. The third-order valence-electron chi connectivity index (χ3n) is 3.45. The molecule has 0 saturated carbocycles. The van der Waals surface area contributed by atoms with E-state index in [1.54, 1.807) is 0 Å². The predicted molar refractivity (Wildman–Crippen MR) is 77.9 cm³/mol. The first-order valence-electron chi connectivity index (χ1n) is 6.89. The number of ether oxygens (including phenoxy) is 1. The highest BCUT2D eigenvalue weighted by molar-refractivity contribution is 6.30. The molecule has 2 rings (SSSR count). The molecule has 0 radical (unpaired) electrons. The van der Waals surface area contributed by atoms with E-state index >= 15 is 0 Å². The molecule has 1 aromatic rings. The molecule has 0 aromatic carbocycles. The van der Waals surface area contributed by atoms with Gasteiger partial charge in [-0.05, 0) is 26.7 Å². The minimum atomic E-state index is 0.271. The van der Waals surface area contributed by atoms with Gasteiger partial charge in [0.25, 0.3) is 0 Å². The molecule has 0 spiro atoms. The Morgan fingerprint density at radius 2 is 2.11 bits per heavy atom. The monoisotopic (exact) mass is 283 g/mol. The van der Waals surface area contributed by atoms with Crippen LogP contribution in [0.4, 0.5) is 5.82 Å². The highest BCUT2D eigenvalue weighted by Gasteiger charge is 2.21. The van der Waals surface area contributed by atoms with Crippen LogP contribution in [0.25, 0.3) is 0 Å². The molecular weight excluding hydrogens is 262 g/mol. The molecule has 1 N–H and O–H groups in total. The van der Waals surface area contributed by atoms with E-state index < -0.39 is 0 Å². The van der Waals surface area contributed by atoms with Gasteiger partial charge in [0.05, 0.1) is 6.10 Å². The highest BCUT2D eigenvalue weighted by Crippen LogP contribution is 2.25. The van der Waals surface area contributed by atoms with Crippen LogP contribution in [0.15, 0.2) is 0 Å². The largest absolute Gasteiger partial charge is 0.378 e. The van der Waals surface area contributed by atoms with E-state index in [9.17, 15) is 0 Å². The van der Waals surface area contributed by atoms with E-state index in [4.69, 9.17) is 16.3 Å². The Hall–Kier alpha value is -0.870. The molecule has 106 valence electrons. The first kappa shape index (κ1) is 14.5. The summed E-state index contributed by atoms with van der Waals surface area (Å²) in [5.41, 5.74) is 0.921. The molecule has 0 aliphatic carbocycles. The number of hydrogen-bond acceptors (Lipinski definition) is 4. The number of anilines is 1. The van der Waals surface area contributed by atoms with Crippen molar-refractivity contribution in [2.75, 3.05) is 11.9 Å². The second kappa shape index (κ2) is 6.06. The van der Waals surface area contributed by atoms with Crippen molar-refractivity contribution in [3.05, 3.63) is 16.5 Å². The summed E-state index contributed by atoms with van der Waals surface area (Å²) in [5.74, 6) is 1.92. The molecule has 1 aliphatic rings. The minimum absolute atomic E-state index is 0.271. The van der Waals surface area contributed by atoms with Crippen LogP contribution in [-0.2, 0) is 4.74 Å². The average Bonchev–Trinajstić information content (AvgIpc) is 2.34. The van der Waals surface area contributed by atoms with Crippen molar-refractivity contribution >= 4 is 17.4 Å². The Kier molecular flexibility index (Phi) is 4.63. The molecule has 1 aromatic heterocycles. The standard InChI is InChI=1S/C14H22ClN3O/c1-8(2)13-17-12(15)10(4)14(18-13)16-11-5-6-19-9(3)7-11/h8-9,11H,5-7H2,1-4H3,(H,16,17,18). The number of rotatable bonds is 3. The Morgan fingerprint density at radius 3 is 2.74 bits per heavy atom. The molecular formula is C14H22ClN3O. The van der Waals surface area contributed by atoms with Crippen LogP contribution in [0, 0.1) is 6.92 Å². The van der Waals surface area contributed by atoms with Gasteiger partial charge in [0.1, 0.15) is 16.8 Å². The number of aromatic nitrogens is 2. The van der Waals surface area contributed by atoms with Crippen molar-refractivity contribution in [3.8, 4) is 0 Å². The van der Waals surface area contributed by atoms with Gasteiger partial charge < -0.3 is 10.1 Å². The van der Waals surface area contributed by atoms with E-state index in [0.717, 1.165) is 36.7 Å². The fraction of sp³-hybridized carbons (Fsp3) is 0.714. The van der Waals surface area contributed by atoms with Crippen LogP contribution in [0.3, 0.4) is 0 Å². The van der Waals surface area contributed by atoms with Gasteiger partial charge in [-0.15, -0.1) is 0 Å². The van der Waals surface area contributed by atoms with Gasteiger partial charge in [0.2, 0.25) is 0 Å². The first-order valence-corrected chi connectivity index (χ1v) is 7.27. The van der Waals surface area contributed by atoms with Crippen LogP contribution in [0.5, 0.6) is 0 Å². The maximum absolute atomic E-state index is 6.19. The predicted octanol–water partition coefficient (Wildman–Crippen LogP) is 3.54. The summed E-state index contributed by atoms with van der Waals surface area (Å²) >= 11 is 6.19. The van der Waals surface area contributed by atoms with Crippen molar-refractivity contribution in [2.45, 2.75) is 58.6 Å². The van der Waals surface area contributed by atoms with Gasteiger partial charge in [-0.3, -0.25) is 0 Å². The van der Waals surface area contributed by atoms with Crippen LogP contribution >= 0.6 is 11.6 Å². The zero-order valence-electron chi connectivity index (χ0n) is 12.0. The summed E-state index contributed by atoms with van der Waals surface area (Å²) in [7, 11) is 0. The van der Waals surface area contributed by atoms with E-state index in [1.165, 1.54) is 0 Å². The average molecular weight is 284 g/mol. The van der Waals surface area contributed by atoms with Crippen molar-refractivity contribution in [2.24, 2.45) is 0 Å². The smallest absolute Gasteiger partial charge is 0.137 e. The topological polar surface area (TPSA) is 47.0 Å². The number of hydrogen-bond donors (Lipinski definition) is 1. The maximum atomic E-state index is 6.19. The molecule has 19 heavy (non-hydrogen) atoms. The van der Waals surface area contributed by atoms with Crippen LogP contribution in [0.2, 0.25) is 5.15 Å². The third-order valence-corrected chi connectivity index (χ3v) is 3.81. The molecule has 4 nitrogen and oxygen atoms in total. The number of halogens is 1. The maximum Gasteiger partial charge on any atom is 0.137 e. The molecule has 0 bridgehead atoms. The van der Waals surface area contributed by atoms with Crippen LogP contribution in [0.1, 0.15) is 50.9 Å². The molecule has 1 fully saturated rings. The lowest BCUT2D eigenvalue weighted by Gasteiger charge is -2.29. The van der Waals surface area contributed by atoms with Gasteiger partial charge in [-0.2, -0.15) is 0 Å². The normalized spacial score (nSPS) is 23.7. The molecule has 1 saturated heterocycles. The zero-order valence-corrected chi connectivity index (χ0v) is 12.8. The Labute approximate surface area is 119 Å². The first-order chi connectivity index (χ1) is 8.97. The summed E-state index contributed by atoms with van der Waals surface area (Å²) in [6.45, 7) is 9.00. The molecule has 5 heteroatoms. The number of nitrogens with one attached hydrogen (secondary N) is 1. The summed E-state index contributed by atoms with van der Waals surface area (Å²) in [6.07, 6.45) is 2.30. The molecule has 1 aliphatic heterocycles. The second-order valence-corrected chi connectivity index (χ2v) is 5.91. The second-order valence-electron chi connectivity index (χ2n) is 5.55. The summed E-state index contributed by atoms with van der Waals surface area (Å²) < 4.78 is 5.56. The minimum Gasteiger partial charge on any atom is -0.378 e. The molecule has 2 heterocycles. The van der Waals surface area contributed by atoms with E-state index in [-0.39, 0.29) is 5.92 Å². The van der Waals surface area contributed by atoms with Crippen molar-refractivity contribution in [1.82, 2.24) is 9.97 Å². The lowest BCUT2D eigenvalue weighted by molar-refractivity contribution is 0.0231. The van der Waals surface area contributed by atoms with Gasteiger partial charge in [-0.25, -0.2) is 9.97 Å². The number of nitrogens with zero attached hydrogens (tertiary/aromatic N) is 2. The Bertz CT molecular complexity index is 451. The van der Waals surface area contributed by atoms with Crippen LogP contribution in [-0.4, -0.2) is 28.7 Å². The zero-order chi connectivity index (χ0) is 14.0. The summed E-state index contributed by atoms with van der Waals surface area (Å²) in [5, 5.41) is 4.04. The Morgan fingerprint density at radius 1 is 1.37 bits per heavy atom. The lowest BCUT2D eigenvalue weighted by atomic mass is 10.0. The lowest BCUT2D eigenvalue weighted by Crippen LogP contribution is -2.33. The fourth-order valence-electron chi connectivity index (χ4n) is 2.23. The quantitative estimate of drug-likeness (QED) is 0.862. The fourth-order valence-corrected chi connectivity index (χ4v) is 2.40. The summed E-state index contributed by atoms with van der Waals surface area (Å²) in [4.78, 5) is 8.93.